The molecular formula is C18H29NO8. The summed E-state index contributed by atoms with van der Waals surface area (Å²) < 4.78 is 35.1. The molecule has 0 aromatic heterocycles. The third kappa shape index (κ3) is 4.12. The number of hydrogen-bond acceptors (Lipinski definition) is 8. The second-order valence-corrected chi connectivity index (χ2v) is 8.26. The number of fused-ring (bicyclic) bond motifs is 1. The maximum Gasteiger partial charge on any atom is 0.303 e. The van der Waals surface area contributed by atoms with Crippen LogP contribution >= 0.6 is 0 Å². The Balaban J connectivity index is 1.88. The van der Waals surface area contributed by atoms with E-state index in [0.29, 0.717) is 6.61 Å². The number of amides is 1. The zero-order valence-electron chi connectivity index (χ0n) is 16.9. The Hall–Kier alpha value is -1.26. The van der Waals surface area contributed by atoms with Gasteiger partial charge in [0, 0.05) is 21.0 Å². The van der Waals surface area contributed by atoms with Crippen molar-refractivity contribution >= 4 is 11.9 Å². The first-order chi connectivity index (χ1) is 12.4. The number of nitrogens with zero attached hydrogens (tertiary/aromatic N) is 1. The van der Waals surface area contributed by atoms with Gasteiger partial charge in [-0.2, -0.15) is 0 Å². The minimum Gasteiger partial charge on any atom is -0.449 e. The van der Waals surface area contributed by atoms with E-state index in [0.717, 1.165) is 0 Å². The molecule has 3 heterocycles. The first kappa shape index (κ1) is 20.5. The molecule has 0 spiro atoms. The molecule has 9 heteroatoms. The number of esters is 1. The number of ether oxygens (including phenoxy) is 6. The molecule has 1 amide bonds. The fourth-order valence-corrected chi connectivity index (χ4v) is 3.77. The minimum absolute atomic E-state index is 0.331. The zero-order valence-corrected chi connectivity index (χ0v) is 16.9. The Labute approximate surface area is 159 Å². The highest BCUT2D eigenvalue weighted by molar-refractivity contribution is 5.83. The van der Waals surface area contributed by atoms with E-state index in [-0.39, 0.29) is 12.0 Å². The average Bonchev–Trinajstić information content (AvgIpc) is 3.14. The standard InChI is InChI=1S/C18H29NO8/c1-9(20)23-15(16(21)19(6)7)12-14-13(26-18(4,5)27-14)11(24-12)10-8-22-17(2,3)25-10/h10-15H,8H2,1-7H3/t10-,11-,12+,13+,14-,15+/m1/s1. The monoisotopic (exact) mass is 387 g/mol. The van der Waals surface area contributed by atoms with Crippen molar-refractivity contribution in [3.63, 3.8) is 0 Å². The average molecular weight is 387 g/mol. The third-order valence-electron chi connectivity index (χ3n) is 4.80. The lowest BCUT2D eigenvalue weighted by Crippen LogP contribution is -2.49. The summed E-state index contributed by atoms with van der Waals surface area (Å²) in [5.74, 6) is -2.54. The Morgan fingerprint density at radius 1 is 1.00 bits per heavy atom. The summed E-state index contributed by atoms with van der Waals surface area (Å²) in [4.78, 5) is 25.6. The first-order valence-corrected chi connectivity index (χ1v) is 9.11. The lowest BCUT2D eigenvalue weighted by molar-refractivity contribution is -0.219. The Kier molecular flexibility index (Phi) is 5.28. The second-order valence-electron chi connectivity index (χ2n) is 8.26. The highest BCUT2D eigenvalue weighted by Crippen LogP contribution is 2.43. The van der Waals surface area contributed by atoms with Gasteiger partial charge in [0.2, 0.25) is 6.10 Å². The molecule has 3 saturated heterocycles. The topological polar surface area (TPSA) is 92.8 Å². The zero-order chi connectivity index (χ0) is 20.1. The molecule has 3 rings (SSSR count). The molecule has 0 saturated carbocycles. The lowest BCUT2D eigenvalue weighted by Gasteiger charge is -2.30. The molecule has 0 unspecified atom stereocenters. The molecule has 0 aromatic carbocycles. The van der Waals surface area contributed by atoms with Crippen molar-refractivity contribution in [3.05, 3.63) is 0 Å². The number of carbonyl (C=O) groups is 2. The molecule has 0 aromatic rings. The smallest absolute Gasteiger partial charge is 0.303 e. The lowest BCUT2D eigenvalue weighted by atomic mass is 10.0. The summed E-state index contributed by atoms with van der Waals surface area (Å²) in [6.07, 6.45) is -3.90. The fraction of sp³-hybridized carbons (Fsp3) is 0.889. The van der Waals surface area contributed by atoms with Crippen LogP contribution in [0.2, 0.25) is 0 Å². The summed E-state index contributed by atoms with van der Waals surface area (Å²) in [6.45, 7) is 8.83. The van der Waals surface area contributed by atoms with Crippen LogP contribution < -0.4 is 0 Å². The number of hydrogen-bond donors (Lipinski definition) is 0. The maximum absolute atomic E-state index is 12.7. The Morgan fingerprint density at radius 3 is 2.15 bits per heavy atom. The summed E-state index contributed by atoms with van der Waals surface area (Å²) in [5, 5.41) is 0. The van der Waals surface area contributed by atoms with Gasteiger partial charge in [-0.3, -0.25) is 9.59 Å². The minimum atomic E-state index is -1.14. The molecule has 3 fully saturated rings. The van der Waals surface area contributed by atoms with Gasteiger partial charge in [0.25, 0.3) is 5.91 Å². The van der Waals surface area contributed by atoms with Crippen molar-refractivity contribution in [2.24, 2.45) is 0 Å². The molecule has 3 aliphatic heterocycles. The Bertz CT molecular complexity index is 604. The molecule has 154 valence electrons. The molecule has 27 heavy (non-hydrogen) atoms. The van der Waals surface area contributed by atoms with Crippen molar-refractivity contribution in [1.82, 2.24) is 4.90 Å². The van der Waals surface area contributed by atoms with Crippen LogP contribution in [0.5, 0.6) is 0 Å². The van der Waals surface area contributed by atoms with Crippen LogP contribution in [0, 0.1) is 0 Å². The quantitative estimate of drug-likeness (QED) is 0.642. The summed E-state index contributed by atoms with van der Waals surface area (Å²) in [6, 6.07) is 0. The van der Waals surface area contributed by atoms with Gasteiger partial charge >= 0.3 is 5.97 Å². The van der Waals surface area contributed by atoms with Crippen molar-refractivity contribution in [3.8, 4) is 0 Å². The second kappa shape index (κ2) is 6.97. The number of likely N-dealkylation sites (N-methyl/N-ethyl adjacent to an activating group) is 1. The molecule has 0 bridgehead atoms. The van der Waals surface area contributed by atoms with E-state index in [1.165, 1.54) is 11.8 Å². The predicted molar refractivity (Wildman–Crippen MR) is 91.6 cm³/mol. The van der Waals surface area contributed by atoms with Gasteiger partial charge in [0.05, 0.1) is 6.61 Å². The van der Waals surface area contributed by atoms with Gasteiger partial charge in [0.1, 0.15) is 30.5 Å². The summed E-state index contributed by atoms with van der Waals surface area (Å²) in [5.41, 5.74) is 0. The molecule has 9 nitrogen and oxygen atoms in total. The van der Waals surface area contributed by atoms with Crippen molar-refractivity contribution < 1.29 is 38.0 Å². The largest absolute Gasteiger partial charge is 0.449 e. The Morgan fingerprint density at radius 2 is 1.63 bits per heavy atom. The fourth-order valence-electron chi connectivity index (χ4n) is 3.77. The van der Waals surface area contributed by atoms with Crippen LogP contribution in [-0.4, -0.2) is 85.7 Å². The highest BCUT2D eigenvalue weighted by atomic mass is 16.8. The number of rotatable bonds is 4. The van der Waals surface area contributed by atoms with Crippen LogP contribution in [0.15, 0.2) is 0 Å². The van der Waals surface area contributed by atoms with Crippen LogP contribution in [0.25, 0.3) is 0 Å². The third-order valence-corrected chi connectivity index (χ3v) is 4.80. The first-order valence-electron chi connectivity index (χ1n) is 9.11. The number of carbonyl (C=O) groups excluding carboxylic acids is 2. The van der Waals surface area contributed by atoms with Crippen LogP contribution in [0.4, 0.5) is 0 Å². The van der Waals surface area contributed by atoms with Gasteiger partial charge in [-0.05, 0) is 27.7 Å². The SMILES string of the molecule is CC(=O)O[C@H](C(=O)N(C)C)[C@H]1O[C@H]([C@H]2COC(C)(C)O2)[C@@H]2OC(C)(C)O[C@@H]21. The summed E-state index contributed by atoms with van der Waals surface area (Å²) >= 11 is 0. The normalized spacial score (nSPS) is 37.7. The van der Waals surface area contributed by atoms with Crippen molar-refractivity contribution in [1.29, 1.82) is 0 Å². The molecule has 0 N–H and O–H groups in total. The van der Waals surface area contributed by atoms with Gasteiger partial charge in [-0.1, -0.05) is 0 Å². The molecule has 0 radical (unpaired) electrons. The molecule has 6 atom stereocenters. The van der Waals surface area contributed by atoms with Gasteiger partial charge in [0.15, 0.2) is 11.6 Å². The van der Waals surface area contributed by atoms with E-state index in [2.05, 4.69) is 0 Å². The van der Waals surface area contributed by atoms with Gasteiger partial charge < -0.3 is 33.3 Å². The molecule has 3 aliphatic rings. The summed E-state index contributed by atoms with van der Waals surface area (Å²) in [7, 11) is 3.18. The van der Waals surface area contributed by atoms with E-state index in [4.69, 9.17) is 28.4 Å². The van der Waals surface area contributed by atoms with Crippen LogP contribution in [0.3, 0.4) is 0 Å². The van der Waals surface area contributed by atoms with E-state index >= 15 is 0 Å². The van der Waals surface area contributed by atoms with Gasteiger partial charge in [-0.25, -0.2) is 0 Å². The molecular weight excluding hydrogens is 358 g/mol. The van der Waals surface area contributed by atoms with Crippen molar-refractivity contribution in [2.75, 3.05) is 20.7 Å². The van der Waals surface area contributed by atoms with Gasteiger partial charge in [-0.15, -0.1) is 0 Å². The van der Waals surface area contributed by atoms with Crippen LogP contribution in [-0.2, 0) is 38.0 Å². The maximum atomic E-state index is 12.7. The van der Waals surface area contributed by atoms with E-state index in [1.807, 2.05) is 13.8 Å². The molecule has 0 aliphatic carbocycles. The predicted octanol–water partition coefficient (Wildman–Crippen LogP) is 0.445. The highest BCUT2D eigenvalue weighted by Gasteiger charge is 2.62. The van der Waals surface area contributed by atoms with E-state index in [9.17, 15) is 9.59 Å². The van der Waals surface area contributed by atoms with Crippen LogP contribution in [0.1, 0.15) is 34.6 Å². The van der Waals surface area contributed by atoms with Crippen molar-refractivity contribution in [2.45, 2.75) is 82.8 Å². The van der Waals surface area contributed by atoms with E-state index < -0.39 is 48.1 Å². The van der Waals surface area contributed by atoms with E-state index in [1.54, 1.807) is 27.9 Å².